The summed E-state index contributed by atoms with van der Waals surface area (Å²) in [5.74, 6) is 1.15. The molecule has 126 valence electrons. The highest BCUT2D eigenvalue weighted by Crippen LogP contribution is 2.27. The molecule has 1 aromatic heterocycles. The van der Waals surface area contributed by atoms with Gasteiger partial charge in [0.15, 0.2) is 11.5 Å². The van der Waals surface area contributed by atoms with Crippen molar-refractivity contribution in [2.24, 2.45) is 0 Å². The summed E-state index contributed by atoms with van der Waals surface area (Å²) in [5.41, 5.74) is 0.486. The first-order valence-corrected chi connectivity index (χ1v) is 9.36. The molecule has 0 bridgehead atoms. The minimum atomic E-state index is -3.50. The predicted octanol–water partition coefficient (Wildman–Crippen LogP) is 2.92. The Bertz CT molecular complexity index is 545. The summed E-state index contributed by atoms with van der Waals surface area (Å²) < 4.78 is 38.2. The zero-order valence-corrected chi connectivity index (χ0v) is 14.3. The maximum atomic E-state index is 11.0. The molecule has 0 unspecified atom stereocenters. The van der Waals surface area contributed by atoms with E-state index in [1.165, 1.54) is 0 Å². The molecule has 1 aromatic rings. The number of nitrogens with zero attached hydrogens (tertiary/aromatic N) is 1. The van der Waals surface area contributed by atoms with E-state index in [4.69, 9.17) is 13.7 Å². The third-order valence-electron chi connectivity index (χ3n) is 2.82. The van der Waals surface area contributed by atoms with Crippen LogP contribution in [0.25, 0.3) is 0 Å². The van der Waals surface area contributed by atoms with Crippen molar-refractivity contribution in [2.45, 2.75) is 46.1 Å². The van der Waals surface area contributed by atoms with Gasteiger partial charge in [0.05, 0.1) is 31.4 Å². The normalized spacial score (nSPS) is 11.4. The Balaban J connectivity index is 2.77. The second-order valence-corrected chi connectivity index (χ2v) is 6.64. The molecule has 6 nitrogen and oxygen atoms in total. The highest BCUT2D eigenvalue weighted by Gasteiger charge is 2.10. The van der Waals surface area contributed by atoms with Crippen molar-refractivity contribution < 1.29 is 22.1 Å². The van der Waals surface area contributed by atoms with E-state index in [9.17, 15) is 8.42 Å². The third-order valence-corrected chi connectivity index (χ3v) is 3.37. The first-order valence-electron chi connectivity index (χ1n) is 7.55. The number of hydrogen-bond acceptors (Lipinski definition) is 6. The Labute approximate surface area is 132 Å². The van der Waals surface area contributed by atoms with Crippen molar-refractivity contribution in [1.82, 2.24) is 4.98 Å². The topological polar surface area (TPSA) is 74.7 Å². The average Bonchev–Trinajstić information content (AvgIpc) is 2.46. The fourth-order valence-corrected chi connectivity index (χ4v) is 1.92. The number of pyridine rings is 1. The van der Waals surface area contributed by atoms with Gasteiger partial charge in [0, 0.05) is 6.07 Å². The van der Waals surface area contributed by atoms with Gasteiger partial charge in [-0.3, -0.25) is 9.17 Å². The fraction of sp³-hybridized carbons (Fsp3) is 0.667. The van der Waals surface area contributed by atoms with Crippen LogP contribution in [0.1, 0.15) is 45.2 Å². The summed E-state index contributed by atoms with van der Waals surface area (Å²) in [5, 5.41) is 0. The molecule has 22 heavy (non-hydrogen) atoms. The lowest BCUT2D eigenvalue weighted by Crippen LogP contribution is -2.06. The lowest BCUT2D eigenvalue weighted by atomic mass is 10.3. The molecule has 0 aliphatic carbocycles. The van der Waals surface area contributed by atoms with Crippen LogP contribution in [-0.4, -0.2) is 32.9 Å². The number of hydrogen-bond donors (Lipinski definition) is 0. The number of unbranched alkanes of at least 4 members (excludes halogenated alkanes) is 2. The molecule has 0 radical (unpaired) electrons. The van der Waals surface area contributed by atoms with Gasteiger partial charge in [0.2, 0.25) is 0 Å². The molecule has 0 atom stereocenters. The maximum Gasteiger partial charge on any atom is 0.264 e. The second kappa shape index (κ2) is 9.63. The second-order valence-electron chi connectivity index (χ2n) is 4.99. The van der Waals surface area contributed by atoms with Gasteiger partial charge in [-0.2, -0.15) is 8.42 Å². The molecule has 0 N–H and O–H groups in total. The highest BCUT2D eigenvalue weighted by atomic mass is 32.2. The van der Waals surface area contributed by atoms with Gasteiger partial charge in [-0.1, -0.05) is 26.7 Å². The highest BCUT2D eigenvalue weighted by molar-refractivity contribution is 7.85. The molecule has 0 aromatic carbocycles. The number of ether oxygens (including phenoxy) is 2. The molecule has 7 heteroatoms. The smallest absolute Gasteiger partial charge is 0.264 e. The van der Waals surface area contributed by atoms with Gasteiger partial charge in [-0.05, 0) is 12.8 Å². The molecular formula is C15H25NO5S. The molecule has 0 aliphatic heterocycles. The Hall–Kier alpha value is -1.34. The van der Waals surface area contributed by atoms with E-state index in [0.717, 1.165) is 31.9 Å². The molecule has 0 fully saturated rings. The van der Waals surface area contributed by atoms with Crippen LogP contribution in [0, 0.1) is 0 Å². The zero-order valence-electron chi connectivity index (χ0n) is 13.5. The van der Waals surface area contributed by atoms with E-state index in [1.54, 1.807) is 12.3 Å². The van der Waals surface area contributed by atoms with Crippen molar-refractivity contribution in [3.63, 3.8) is 0 Å². The molecule has 0 saturated carbocycles. The van der Waals surface area contributed by atoms with Crippen molar-refractivity contribution in [1.29, 1.82) is 0 Å². The van der Waals surface area contributed by atoms with Crippen molar-refractivity contribution in [2.75, 3.05) is 19.5 Å². The summed E-state index contributed by atoms with van der Waals surface area (Å²) in [6.07, 6.45) is 6.52. The van der Waals surface area contributed by atoms with E-state index in [1.807, 2.05) is 0 Å². The largest absolute Gasteiger partial charge is 0.490 e. The minimum Gasteiger partial charge on any atom is -0.490 e. The Morgan fingerprint density at radius 3 is 2.18 bits per heavy atom. The van der Waals surface area contributed by atoms with Crippen LogP contribution in [0.4, 0.5) is 0 Å². The van der Waals surface area contributed by atoms with E-state index >= 15 is 0 Å². The van der Waals surface area contributed by atoms with Crippen LogP contribution < -0.4 is 9.47 Å². The number of aromatic nitrogens is 1. The molecule has 1 heterocycles. The lowest BCUT2D eigenvalue weighted by molar-refractivity contribution is 0.258. The van der Waals surface area contributed by atoms with Crippen LogP contribution in [0.15, 0.2) is 12.3 Å². The lowest BCUT2D eigenvalue weighted by Gasteiger charge is -2.13. The Morgan fingerprint density at radius 2 is 1.64 bits per heavy atom. The maximum absolute atomic E-state index is 11.0. The summed E-state index contributed by atoms with van der Waals surface area (Å²) >= 11 is 0. The standard InChI is InChI=1S/C15H25NO5S/c1-4-6-8-19-14-10-13(12-21-22(3,17)18)16-11-15(14)20-9-7-5-2/h10-11H,4-9,12H2,1-3H3. The van der Waals surface area contributed by atoms with Gasteiger partial charge in [0.1, 0.15) is 6.61 Å². The monoisotopic (exact) mass is 331 g/mol. The molecular weight excluding hydrogens is 306 g/mol. The number of rotatable bonds is 11. The summed E-state index contributed by atoms with van der Waals surface area (Å²) in [4.78, 5) is 4.15. The van der Waals surface area contributed by atoms with Crippen LogP contribution in [0.2, 0.25) is 0 Å². The molecule has 0 saturated heterocycles. The van der Waals surface area contributed by atoms with Crippen LogP contribution in [-0.2, 0) is 20.9 Å². The Kier molecular flexibility index (Phi) is 8.19. The van der Waals surface area contributed by atoms with Crippen molar-refractivity contribution in [3.8, 4) is 11.5 Å². The molecule has 1 rings (SSSR count). The van der Waals surface area contributed by atoms with Crippen molar-refractivity contribution in [3.05, 3.63) is 18.0 Å². The van der Waals surface area contributed by atoms with E-state index in [2.05, 4.69) is 18.8 Å². The third kappa shape index (κ3) is 7.61. The van der Waals surface area contributed by atoms with E-state index in [0.29, 0.717) is 30.4 Å². The van der Waals surface area contributed by atoms with Gasteiger partial charge >= 0.3 is 0 Å². The van der Waals surface area contributed by atoms with Gasteiger partial charge in [0.25, 0.3) is 10.1 Å². The van der Waals surface area contributed by atoms with Crippen LogP contribution in [0.3, 0.4) is 0 Å². The van der Waals surface area contributed by atoms with Gasteiger partial charge in [-0.15, -0.1) is 0 Å². The first kappa shape index (κ1) is 18.7. The van der Waals surface area contributed by atoms with Crippen LogP contribution >= 0.6 is 0 Å². The summed E-state index contributed by atoms with van der Waals surface area (Å²) in [7, 11) is -3.50. The molecule has 0 spiro atoms. The minimum absolute atomic E-state index is 0.113. The first-order chi connectivity index (χ1) is 10.5. The summed E-state index contributed by atoms with van der Waals surface area (Å²) in [6.45, 7) is 5.24. The molecule has 0 aliphatic rings. The predicted molar refractivity (Wildman–Crippen MR) is 84.7 cm³/mol. The van der Waals surface area contributed by atoms with Gasteiger partial charge < -0.3 is 9.47 Å². The summed E-state index contributed by atoms with van der Waals surface area (Å²) in [6, 6.07) is 1.67. The van der Waals surface area contributed by atoms with Crippen molar-refractivity contribution >= 4 is 10.1 Å². The van der Waals surface area contributed by atoms with Crippen LogP contribution in [0.5, 0.6) is 11.5 Å². The van der Waals surface area contributed by atoms with E-state index in [-0.39, 0.29) is 6.61 Å². The fourth-order valence-electron chi connectivity index (χ4n) is 1.59. The zero-order chi connectivity index (χ0) is 16.4. The Morgan fingerprint density at radius 1 is 1.05 bits per heavy atom. The SMILES string of the molecule is CCCCOc1cnc(COS(C)(=O)=O)cc1OCCCC. The van der Waals surface area contributed by atoms with Gasteiger partial charge in [-0.25, -0.2) is 0 Å². The average molecular weight is 331 g/mol. The quantitative estimate of drug-likeness (QED) is 0.458. The molecule has 0 amide bonds. The van der Waals surface area contributed by atoms with E-state index < -0.39 is 10.1 Å².